The molecular weight excluding hydrogens is 334 g/mol. The maximum atomic E-state index is 12.7. The molecule has 0 aliphatic heterocycles. The molecule has 4 rings (SSSR count). The van der Waals surface area contributed by atoms with Gasteiger partial charge in [0.1, 0.15) is 17.2 Å². The predicted octanol–water partition coefficient (Wildman–Crippen LogP) is 5.61. The maximum absolute atomic E-state index is 12.7. The van der Waals surface area contributed by atoms with Crippen LogP contribution in [0.2, 0.25) is 0 Å². The van der Waals surface area contributed by atoms with E-state index in [0.717, 1.165) is 34.7 Å². The highest BCUT2D eigenvalue weighted by atomic mass is 16.1. The zero-order valence-electron chi connectivity index (χ0n) is 15.9. The number of fused-ring (bicyclic) bond motifs is 1. The second-order valence-electron chi connectivity index (χ2n) is 7.70. The first kappa shape index (κ1) is 17.8. The van der Waals surface area contributed by atoms with Gasteiger partial charge in [0.15, 0.2) is 0 Å². The van der Waals surface area contributed by atoms with Crippen molar-refractivity contribution >= 4 is 17.4 Å². The Hall–Kier alpha value is -2.62. The number of aryl methyl sites for hydroxylation is 1. The lowest BCUT2D eigenvalue weighted by atomic mass is 9.86. The van der Waals surface area contributed by atoms with Gasteiger partial charge in [-0.1, -0.05) is 62.4 Å². The first-order chi connectivity index (χ1) is 13.2. The first-order valence-corrected chi connectivity index (χ1v) is 10.0. The van der Waals surface area contributed by atoms with Crippen LogP contribution in [0.4, 0.5) is 5.82 Å². The highest BCUT2D eigenvalue weighted by molar-refractivity contribution is 5.94. The zero-order chi connectivity index (χ0) is 18.6. The number of benzene rings is 1. The maximum Gasteiger partial charge on any atom is 0.225 e. The molecule has 0 radical (unpaired) electrons. The molecule has 0 saturated heterocycles. The van der Waals surface area contributed by atoms with E-state index >= 15 is 0 Å². The van der Waals surface area contributed by atoms with Gasteiger partial charge in [-0.25, -0.2) is 4.98 Å². The fourth-order valence-corrected chi connectivity index (χ4v) is 4.07. The van der Waals surface area contributed by atoms with Crippen molar-refractivity contribution in [2.75, 3.05) is 5.32 Å². The molecule has 1 aromatic carbocycles. The van der Waals surface area contributed by atoms with Crippen LogP contribution in [0.3, 0.4) is 0 Å². The fraction of sp³-hybridized carbons (Fsp3) is 0.391. The molecule has 4 heteroatoms. The molecule has 1 aliphatic carbocycles. The minimum atomic E-state index is 0.0835. The van der Waals surface area contributed by atoms with Gasteiger partial charge in [-0.2, -0.15) is 0 Å². The summed E-state index contributed by atoms with van der Waals surface area (Å²) in [6, 6.07) is 14.1. The molecule has 1 saturated carbocycles. The van der Waals surface area contributed by atoms with Gasteiger partial charge in [-0.15, -0.1) is 0 Å². The third-order valence-corrected chi connectivity index (χ3v) is 5.59. The molecular formula is C23H27N3O. The number of carbonyl (C=O) groups excluding carboxylic acids is 1. The summed E-state index contributed by atoms with van der Waals surface area (Å²) in [6.45, 7) is 2.05. The van der Waals surface area contributed by atoms with Gasteiger partial charge >= 0.3 is 0 Å². The van der Waals surface area contributed by atoms with Crippen molar-refractivity contribution < 1.29 is 4.79 Å². The molecule has 0 unspecified atom stereocenters. The molecule has 4 nitrogen and oxygen atoms in total. The summed E-state index contributed by atoms with van der Waals surface area (Å²) in [6.07, 6.45) is 10.1. The van der Waals surface area contributed by atoms with Crippen LogP contribution < -0.4 is 5.32 Å². The van der Waals surface area contributed by atoms with Gasteiger partial charge in [0, 0.05) is 18.2 Å². The van der Waals surface area contributed by atoms with E-state index in [1.807, 2.05) is 53.1 Å². The number of nitrogens with zero attached hydrogens (tertiary/aromatic N) is 2. The lowest BCUT2D eigenvalue weighted by Gasteiger charge is -2.21. The largest absolute Gasteiger partial charge is 0.310 e. The summed E-state index contributed by atoms with van der Waals surface area (Å²) in [5, 5.41) is 3.15. The number of nitrogens with one attached hydrogen (secondary N) is 1. The monoisotopic (exact) mass is 361 g/mol. The van der Waals surface area contributed by atoms with Gasteiger partial charge < -0.3 is 5.32 Å². The molecule has 1 N–H and O–H groups in total. The van der Waals surface area contributed by atoms with Gasteiger partial charge in [-0.3, -0.25) is 9.20 Å². The number of hydrogen-bond acceptors (Lipinski definition) is 2. The van der Waals surface area contributed by atoms with Gasteiger partial charge in [0.05, 0.1) is 0 Å². The molecule has 0 atom stereocenters. The summed E-state index contributed by atoms with van der Waals surface area (Å²) in [7, 11) is 0. The van der Waals surface area contributed by atoms with E-state index in [4.69, 9.17) is 4.98 Å². The molecule has 0 bridgehead atoms. The average Bonchev–Trinajstić information content (AvgIpc) is 3.05. The van der Waals surface area contributed by atoms with Crippen LogP contribution >= 0.6 is 0 Å². The predicted molar refractivity (Wildman–Crippen MR) is 110 cm³/mol. The van der Waals surface area contributed by atoms with Crippen molar-refractivity contribution in [3.05, 3.63) is 54.2 Å². The van der Waals surface area contributed by atoms with E-state index in [9.17, 15) is 4.79 Å². The number of amides is 1. The molecule has 1 amide bonds. The molecule has 1 fully saturated rings. The third kappa shape index (κ3) is 4.05. The molecule has 0 spiro atoms. The van der Waals surface area contributed by atoms with Crippen molar-refractivity contribution in [1.82, 2.24) is 9.38 Å². The van der Waals surface area contributed by atoms with E-state index in [0.29, 0.717) is 12.3 Å². The van der Waals surface area contributed by atoms with Crippen LogP contribution in [0, 0.1) is 12.8 Å². The third-order valence-electron chi connectivity index (χ3n) is 5.59. The number of aromatic nitrogens is 2. The second kappa shape index (κ2) is 7.95. The van der Waals surface area contributed by atoms with E-state index < -0.39 is 0 Å². The van der Waals surface area contributed by atoms with Crippen LogP contribution in [-0.2, 0) is 4.79 Å². The Morgan fingerprint density at radius 1 is 1.15 bits per heavy atom. The van der Waals surface area contributed by atoms with Crippen LogP contribution in [-0.4, -0.2) is 15.3 Å². The van der Waals surface area contributed by atoms with E-state index in [2.05, 4.69) is 12.2 Å². The number of rotatable bonds is 5. The topological polar surface area (TPSA) is 46.4 Å². The average molecular weight is 361 g/mol. The summed E-state index contributed by atoms with van der Waals surface area (Å²) in [5.74, 6) is 1.56. The van der Waals surface area contributed by atoms with Crippen molar-refractivity contribution in [3.63, 3.8) is 0 Å². The number of anilines is 1. The van der Waals surface area contributed by atoms with Crippen LogP contribution in [0.25, 0.3) is 16.9 Å². The molecule has 1 aliphatic rings. The Labute approximate surface area is 160 Å². The number of carbonyl (C=O) groups is 1. The second-order valence-corrected chi connectivity index (χ2v) is 7.70. The molecule has 3 aromatic rings. The number of hydrogen-bond donors (Lipinski definition) is 1. The molecule has 27 heavy (non-hydrogen) atoms. The van der Waals surface area contributed by atoms with Crippen molar-refractivity contribution in [2.24, 2.45) is 5.92 Å². The highest BCUT2D eigenvalue weighted by Crippen LogP contribution is 2.30. The Bertz CT molecular complexity index is 923. The highest BCUT2D eigenvalue weighted by Gasteiger charge is 2.18. The van der Waals surface area contributed by atoms with Crippen molar-refractivity contribution in [2.45, 2.75) is 51.9 Å². The minimum absolute atomic E-state index is 0.0835. The summed E-state index contributed by atoms with van der Waals surface area (Å²) in [5.41, 5.74) is 3.85. The van der Waals surface area contributed by atoms with Crippen LogP contribution in [0.15, 0.2) is 48.7 Å². The Balaban J connectivity index is 1.58. The standard InChI is InChI=1S/C23H27N3O/c1-17-14-15-26-20(16-17)24-22(19-10-6-3-7-11-19)23(26)25-21(27)13-12-18-8-4-2-5-9-18/h3,6-7,10-11,14-16,18H,2,4-5,8-9,12-13H2,1H3,(H,25,27). The van der Waals surface area contributed by atoms with Gasteiger partial charge in [0.2, 0.25) is 5.91 Å². The van der Waals surface area contributed by atoms with Crippen LogP contribution in [0.5, 0.6) is 0 Å². The fourth-order valence-electron chi connectivity index (χ4n) is 4.07. The Morgan fingerprint density at radius 2 is 1.93 bits per heavy atom. The SMILES string of the molecule is Cc1ccn2c(NC(=O)CCC3CCCCC3)c(-c3ccccc3)nc2c1. The lowest BCUT2D eigenvalue weighted by Crippen LogP contribution is -2.16. The molecule has 140 valence electrons. The van der Waals surface area contributed by atoms with E-state index in [1.165, 1.54) is 32.1 Å². The van der Waals surface area contributed by atoms with Gasteiger partial charge in [0.25, 0.3) is 0 Å². The quantitative estimate of drug-likeness (QED) is 0.642. The van der Waals surface area contributed by atoms with Crippen molar-refractivity contribution in [3.8, 4) is 11.3 Å². The number of imidazole rings is 1. The first-order valence-electron chi connectivity index (χ1n) is 10.0. The van der Waals surface area contributed by atoms with Crippen LogP contribution in [0.1, 0.15) is 50.5 Å². The smallest absolute Gasteiger partial charge is 0.225 e. The minimum Gasteiger partial charge on any atom is -0.310 e. The summed E-state index contributed by atoms with van der Waals surface area (Å²) in [4.78, 5) is 17.5. The van der Waals surface area contributed by atoms with Gasteiger partial charge in [-0.05, 0) is 37.0 Å². The zero-order valence-corrected chi connectivity index (χ0v) is 15.9. The normalized spacial score (nSPS) is 15.1. The molecule has 2 heterocycles. The Morgan fingerprint density at radius 3 is 2.70 bits per heavy atom. The molecule has 2 aromatic heterocycles. The summed E-state index contributed by atoms with van der Waals surface area (Å²) < 4.78 is 1.98. The number of pyridine rings is 1. The Kier molecular flexibility index (Phi) is 5.23. The van der Waals surface area contributed by atoms with Crippen molar-refractivity contribution in [1.29, 1.82) is 0 Å². The van der Waals surface area contributed by atoms with E-state index in [-0.39, 0.29) is 5.91 Å². The van der Waals surface area contributed by atoms with E-state index in [1.54, 1.807) is 0 Å². The lowest BCUT2D eigenvalue weighted by molar-refractivity contribution is -0.116. The summed E-state index contributed by atoms with van der Waals surface area (Å²) >= 11 is 0.